The maximum absolute atomic E-state index is 12.6. The topological polar surface area (TPSA) is 102 Å². The van der Waals surface area contributed by atoms with Crippen molar-refractivity contribution in [3.63, 3.8) is 0 Å². The summed E-state index contributed by atoms with van der Waals surface area (Å²) in [6, 6.07) is 1.28. The molecule has 0 spiro atoms. The van der Waals surface area contributed by atoms with E-state index in [1.807, 2.05) is 0 Å². The molecule has 1 N–H and O–H groups in total. The quantitative estimate of drug-likeness (QED) is 0.661. The van der Waals surface area contributed by atoms with Crippen LogP contribution in [0.2, 0.25) is 0 Å². The van der Waals surface area contributed by atoms with Crippen LogP contribution in [0.1, 0.15) is 12.2 Å². The minimum Gasteiger partial charge on any atom is -0.493 e. The van der Waals surface area contributed by atoms with Crippen molar-refractivity contribution in [2.45, 2.75) is 6.55 Å². The Morgan fingerprint density at radius 3 is 2.81 bits per heavy atom. The predicted octanol–water partition coefficient (Wildman–Crippen LogP) is 2.67. The van der Waals surface area contributed by atoms with E-state index in [0.29, 0.717) is 21.5 Å². The Balaban J connectivity index is 2.08. The summed E-state index contributed by atoms with van der Waals surface area (Å²) < 4.78 is 31.0. The Hall–Kier alpha value is -3.63. The Labute approximate surface area is 152 Å². The van der Waals surface area contributed by atoms with Gasteiger partial charge >= 0.3 is 12.6 Å². The van der Waals surface area contributed by atoms with E-state index in [1.54, 1.807) is 25.2 Å². The Bertz CT molecular complexity index is 1020. The largest absolute Gasteiger partial charge is 0.493 e. The average molecular weight is 375 g/mol. The highest BCUT2D eigenvalue weighted by molar-refractivity contribution is 5.92. The number of aromatic nitrogens is 5. The Morgan fingerprint density at radius 2 is 2.19 bits per heavy atom. The van der Waals surface area contributed by atoms with Gasteiger partial charge in [-0.3, -0.25) is 9.98 Å². The lowest BCUT2D eigenvalue weighted by Crippen LogP contribution is -2.04. The van der Waals surface area contributed by atoms with E-state index in [2.05, 4.69) is 31.8 Å². The normalized spacial score (nSPS) is 11.8. The molecule has 0 bridgehead atoms. The van der Waals surface area contributed by atoms with Crippen molar-refractivity contribution in [1.82, 2.24) is 29.6 Å². The highest BCUT2D eigenvalue weighted by Crippen LogP contribution is 2.30. The number of aliphatic imine (C=N–C) groups is 1. The number of nitrogens with zero attached hydrogens (tertiary/aromatic N) is 7. The maximum Gasteiger partial charge on any atom is 0.333 e. The second-order valence-electron chi connectivity index (χ2n) is 5.56. The van der Waals surface area contributed by atoms with Crippen molar-refractivity contribution in [3.05, 3.63) is 36.6 Å². The van der Waals surface area contributed by atoms with Crippen molar-refractivity contribution in [3.8, 4) is 17.6 Å². The molecule has 9 nitrogen and oxygen atoms in total. The fourth-order valence-corrected chi connectivity index (χ4v) is 2.26. The lowest BCUT2D eigenvalue weighted by Gasteiger charge is -2.10. The summed E-state index contributed by atoms with van der Waals surface area (Å²) in [7, 11) is 3.61. The van der Waals surface area contributed by atoms with E-state index in [4.69, 9.17) is 4.74 Å². The number of hydrogen-bond donors (Lipinski definition) is 1. The van der Waals surface area contributed by atoms with Crippen LogP contribution in [0.5, 0.6) is 17.6 Å². The second kappa shape index (κ2) is 7.32. The fourth-order valence-electron chi connectivity index (χ4n) is 2.26. The van der Waals surface area contributed by atoms with Crippen LogP contribution in [0.3, 0.4) is 0 Å². The number of pyridine rings is 1. The van der Waals surface area contributed by atoms with Crippen molar-refractivity contribution in [2.24, 2.45) is 4.99 Å². The first-order valence-electron chi connectivity index (χ1n) is 7.60. The SMILES string of the molecule is C=N/C(=C\N(C)C)c1nccc2c(O)nc(Oc3cnn(C(F)F)c3)nc12. The van der Waals surface area contributed by atoms with Crippen molar-refractivity contribution in [2.75, 3.05) is 14.1 Å². The summed E-state index contributed by atoms with van der Waals surface area (Å²) in [6.07, 6.45) is 5.23. The van der Waals surface area contributed by atoms with E-state index < -0.39 is 6.55 Å². The molecular weight excluding hydrogens is 360 g/mol. The maximum atomic E-state index is 12.6. The van der Waals surface area contributed by atoms with Gasteiger partial charge in [0.2, 0.25) is 5.88 Å². The monoisotopic (exact) mass is 375 g/mol. The molecule has 3 aromatic heterocycles. The second-order valence-corrected chi connectivity index (χ2v) is 5.56. The third-order valence-corrected chi connectivity index (χ3v) is 3.35. The Morgan fingerprint density at radius 1 is 1.41 bits per heavy atom. The lowest BCUT2D eigenvalue weighted by atomic mass is 10.2. The first-order chi connectivity index (χ1) is 12.9. The standard InChI is InChI=1S/C16H15F2N7O2/c1-19-11(8-24(2)3)13-12-10(4-5-20-13)14(26)23-16(22-12)27-9-6-21-25(7-9)15(17)18/h4-8,15H,1H2,2-3H3,(H,22,23,26)/b11-8-. The third-order valence-electron chi connectivity index (χ3n) is 3.35. The zero-order valence-corrected chi connectivity index (χ0v) is 14.4. The van der Waals surface area contributed by atoms with Gasteiger partial charge in [0.1, 0.15) is 16.9 Å². The average Bonchev–Trinajstić information content (AvgIpc) is 3.08. The fraction of sp³-hybridized carbons (Fsp3) is 0.188. The molecule has 0 radical (unpaired) electrons. The van der Waals surface area contributed by atoms with Gasteiger partial charge in [-0.2, -0.15) is 23.8 Å². The van der Waals surface area contributed by atoms with Gasteiger partial charge in [-0.25, -0.2) is 4.68 Å². The van der Waals surface area contributed by atoms with Gasteiger partial charge in [0.15, 0.2) is 5.75 Å². The van der Waals surface area contributed by atoms with Gasteiger partial charge in [-0.05, 0) is 12.8 Å². The highest BCUT2D eigenvalue weighted by atomic mass is 19.3. The highest BCUT2D eigenvalue weighted by Gasteiger charge is 2.16. The molecule has 0 amide bonds. The molecule has 0 saturated carbocycles. The summed E-state index contributed by atoms with van der Waals surface area (Å²) in [5.74, 6) is -0.362. The molecule has 0 atom stereocenters. The molecule has 0 fully saturated rings. The molecule has 0 aliphatic carbocycles. The van der Waals surface area contributed by atoms with Crippen LogP contribution >= 0.6 is 0 Å². The summed E-state index contributed by atoms with van der Waals surface area (Å²) in [4.78, 5) is 18.0. The summed E-state index contributed by atoms with van der Waals surface area (Å²) in [5.41, 5.74) is 1.03. The number of ether oxygens (including phenoxy) is 1. The minimum absolute atomic E-state index is 0.00890. The lowest BCUT2D eigenvalue weighted by molar-refractivity contribution is 0.0564. The predicted molar refractivity (Wildman–Crippen MR) is 93.8 cm³/mol. The third kappa shape index (κ3) is 3.81. The zero-order chi connectivity index (χ0) is 19.6. The van der Waals surface area contributed by atoms with E-state index in [9.17, 15) is 13.9 Å². The first kappa shape index (κ1) is 18.2. The van der Waals surface area contributed by atoms with E-state index in [0.717, 1.165) is 12.4 Å². The smallest absolute Gasteiger partial charge is 0.333 e. The molecule has 140 valence electrons. The van der Waals surface area contributed by atoms with Crippen LogP contribution in [-0.4, -0.2) is 55.6 Å². The number of fused-ring (bicyclic) bond motifs is 1. The summed E-state index contributed by atoms with van der Waals surface area (Å²) in [5, 5.41) is 14.0. The van der Waals surface area contributed by atoms with E-state index in [1.165, 1.54) is 12.3 Å². The number of aromatic hydroxyl groups is 1. The summed E-state index contributed by atoms with van der Waals surface area (Å²) >= 11 is 0. The number of halogens is 2. The van der Waals surface area contributed by atoms with E-state index in [-0.39, 0.29) is 23.2 Å². The van der Waals surface area contributed by atoms with E-state index >= 15 is 0 Å². The van der Waals surface area contributed by atoms with Crippen molar-refractivity contribution >= 4 is 23.3 Å². The van der Waals surface area contributed by atoms with Gasteiger partial charge in [-0.1, -0.05) is 0 Å². The van der Waals surface area contributed by atoms with Crippen LogP contribution < -0.4 is 4.74 Å². The van der Waals surface area contributed by atoms with Crippen molar-refractivity contribution in [1.29, 1.82) is 0 Å². The molecule has 27 heavy (non-hydrogen) atoms. The van der Waals surface area contributed by atoms with Crippen LogP contribution in [0, 0.1) is 0 Å². The van der Waals surface area contributed by atoms with Crippen LogP contribution in [-0.2, 0) is 0 Å². The van der Waals surface area contributed by atoms with Gasteiger partial charge in [0.25, 0.3) is 0 Å². The summed E-state index contributed by atoms with van der Waals surface area (Å²) in [6.45, 7) is 0.721. The molecule has 0 aliphatic rings. The molecule has 0 aromatic carbocycles. The molecule has 3 heterocycles. The van der Waals surface area contributed by atoms with Crippen molar-refractivity contribution < 1.29 is 18.6 Å². The molecule has 0 aliphatic heterocycles. The minimum atomic E-state index is -2.80. The van der Waals surface area contributed by atoms with Gasteiger partial charge in [0.05, 0.1) is 17.8 Å². The van der Waals surface area contributed by atoms with Crippen LogP contribution in [0.15, 0.2) is 35.8 Å². The van der Waals surface area contributed by atoms with Crippen LogP contribution in [0.25, 0.3) is 16.6 Å². The number of alkyl halides is 2. The molecule has 0 saturated heterocycles. The first-order valence-corrected chi connectivity index (χ1v) is 7.60. The van der Waals surface area contributed by atoms with Gasteiger partial charge < -0.3 is 14.7 Å². The van der Waals surface area contributed by atoms with Gasteiger partial charge in [-0.15, -0.1) is 0 Å². The Kier molecular flexibility index (Phi) is 4.92. The van der Waals surface area contributed by atoms with Gasteiger partial charge in [0, 0.05) is 26.5 Å². The molecule has 3 rings (SSSR count). The molecule has 0 unspecified atom stereocenters. The number of hydrogen-bond acceptors (Lipinski definition) is 8. The van der Waals surface area contributed by atoms with Crippen LogP contribution in [0.4, 0.5) is 8.78 Å². The number of rotatable bonds is 6. The molecule has 3 aromatic rings. The molecular formula is C16H15F2N7O2. The zero-order valence-electron chi connectivity index (χ0n) is 14.4. The molecule has 11 heteroatoms.